The summed E-state index contributed by atoms with van der Waals surface area (Å²) < 4.78 is 5.08. The summed E-state index contributed by atoms with van der Waals surface area (Å²) in [4.78, 5) is 33.5. The highest BCUT2D eigenvalue weighted by Gasteiger charge is 2.47. The van der Waals surface area contributed by atoms with E-state index in [1.807, 2.05) is 0 Å². The molecule has 1 aliphatic heterocycles. The summed E-state index contributed by atoms with van der Waals surface area (Å²) >= 11 is 0. The number of carbonyl (C=O) groups is 3. The molecule has 0 bridgehead atoms. The van der Waals surface area contributed by atoms with Crippen LogP contribution < -0.4 is 16.0 Å². The lowest BCUT2D eigenvalue weighted by molar-refractivity contribution is -0.148. The minimum Gasteiger partial charge on any atom is -0.481 e. The molecule has 8 heteroatoms. The fourth-order valence-corrected chi connectivity index (χ4v) is 1.54. The summed E-state index contributed by atoms with van der Waals surface area (Å²) in [7, 11) is 1.45. The first-order chi connectivity index (χ1) is 8.40. The van der Waals surface area contributed by atoms with Crippen LogP contribution in [0.2, 0.25) is 0 Å². The van der Waals surface area contributed by atoms with E-state index in [0.717, 1.165) is 0 Å². The van der Waals surface area contributed by atoms with Crippen LogP contribution in [0.25, 0.3) is 0 Å². The zero-order chi connectivity index (χ0) is 13.8. The average Bonchev–Trinajstić information content (AvgIpc) is 2.69. The molecule has 0 spiro atoms. The maximum Gasteiger partial charge on any atom is 0.315 e. The Morgan fingerprint density at radius 3 is 2.67 bits per heavy atom. The molecule has 1 fully saturated rings. The van der Waals surface area contributed by atoms with E-state index >= 15 is 0 Å². The first-order valence-electron chi connectivity index (χ1n) is 5.46. The molecule has 1 rings (SSSR count). The van der Waals surface area contributed by atoms with Crippen molar-refractivity contribution in [2.45, 2.75) is 13.0 Å². The van der Waals surface area contributed by atoms with Crippen molar-refractivity contribution in [1.82, 2.24) is 16.0 Å². The van der Waals surface area contributed by atoms with Gasteiger partial charge in [0.1, 0.15) is 5.41 Å². The van der Waals surface area contributed by atoms with Crippen molar-refractivity contribution in [3.05, 3.63) is 0 Å². The van der Waals surface area contributed by atoms with Crippen LogP contribution >= 0.6 is 0 Å². The first kappa shape index (κ1) is 14.2. The van der Waals surface area contributed by atoms with Crippen molar-refractivity contribution in [3.8, 4) is 0 Å². The molecule has 0 aromatic carbocycles. The number of ether oxygens (including phenoxy) is 1. The SMILES string of the molecule is CNC(=O)CNC(=O)NC1COCC1(C)C(=O)O. The van der Waals surface area contributed by atoms with Crippen LogP contribution in [0, 0.1) is 5.41 Å². The third kappa shape index (κ3) is 3.10. The molecule has 0 radical (unpaired) electrons. The summed E-state index contributed by atoms with van der Waals surface area (Å²) in [6.45, 7) is 1.52. The third-order valence-electron chi connectivity index (χ3n) is 2.94. The molecule has 18 heavy (non-hydrogen) atoms. The van der Waals surface area contributed by atoms with Gasteiger partial charge in [0, 0.05) is 7.05 Å². The second-order valence-electron chi connectivity index (χ2n) is 4.29. The molecule has 2 atom stereocenters. The summed E-state index contributed by atoms with van der Waals surface area (Å²) in [6, 6.07) is -1.22. The second-order valence-corrected chi connectivity index (χ2v) is 4.29. The Morgan fingerprint density at radius 2 is 2.11 bits per heavy atom. The second kappa shape index (κ2) is 5.67. The molecule has 4 N–H and O–H groups in total. The molecule has 0 aliphatic carbocycles. The predicted molar refractivity (Wildman–Crippen MR) is 61.0 cm³/mol. The van der Waals surface area contributed by atoms with Crippen molar-refractivity contribution >= 4 is 17.9 Å². The Kier molecular flexibility index (Phi) is 4.49. The molecule has 1 aliphatic rings. The molecular weight excluding hydrogens is 242 g/mol. The van der Waals surface area contributed by atoms with E-state index in [1.165, 1.54) is 14.0 Å². The Morgan fingerprint density at radius 1 is 1.44 bits per heavy atom. The summed E-state index contributed by atoms with van der Waals surface area (Å²) in [5, 5.41) is 16.3. The van der Waals surface area contributed by atoms with E-state index in [0.29, 0.717) is 0 Å². The number of rotatable bonds is 4. The minimum absolute atomic E-state index is 0.0444. The van der Waals surface area contributed by atoms with Crippen LogP contribution in [-0.2, 0) is 14.3 Å². The van der Waals surface area contributed by atoms with Gasteiger partial charge in [-0.25, -0.2) is 4.79 Å². The predicted octanol–water partition coefficient (Wildman–Crippen LogP) is -1.48. The lowest BCUT2D eigenvalue weighted by atomic mass is 9.85. The van der Waals surface area contributed by atoms with Crippen molar-refractivity contribution in [1.29, 1.82) is 0 Å². The van der Waals surface area contributed by atoms with Gasteiger partial charge >= 0.3 is 12.0 Å². The van der Waals surface area contributed by atoms with E-state index < -0.39 is 23.5 Å². The highest BCUT2D eigenvalue weighted by molar-refractivity contribution is 5.84. The van der Waals surface area contributed by atoms with Crippen molar-refractivity contribution in [3.63, 3.8) is 0 Å². The maximum atomic E-state index is 11.5. The van der Waals surface area contributed by atoms with Gasteiger partial charge in [0.2, 0.25) is 5.91 Å². The number of likely N-dealkylation sites (N-methyl/N-ethyl adjacent to an activating group) is 1. The number of hydrogen-bond acceptors (Lipinski definition) is 4. The molecule has 3 amide bonds. The van der Waals surface area contributed by atoms with E-state index in [2.05, 4.69) is 16.0 Å². The number of carboxylic acids is 1. The topological polar surface area (TPSA) is 117 Å². The van der Waals surface area contributed by atoms with Gasteiger partial charge in [-0.1, -0.05) is 0 Å². The van der Waals surface area contributed by atoms with Crippen LogP contribution in [0.4, 0.5) is 4.79 Å². The molecule has 8 nitrogen and oxygen atoms in total. The Bertz CT molecular complexity index is 359. The lowest BCUT2D eigenvalue weighted by Crippen LogP contribution is -2.53. The molecule has 102 valence electrons. The molecular formula is C10H17N3O5. The van der Waals surface area contributed by atoms with Gasteiger partial charge in [-0.2, -0.15) is 0 Å². The van der Waals surface area contributed by atoms with Crippen LogP contribution in [0.5, 0.6) is 0 Å². The highest BCUT2D eigenvalue weighted by atomic mass is 16.5. The van der Waals surface area contributed by atoms with Gasteiger partial charge in [-0.15, -0.1) is 0 Å². The first-order valence-corrected chi connectivity index (χ1v) is 5.46. The van der Waals surface area contributed by atoms with Crippen LogP contribution in [0.3, 0.4) is 0 Å². The molecule has 1 saturated heterocycles. The number of hydrogen-bond donors (Lipinski definition) is 4. The number of amides is 3. The van der Waals surface area contributed by atoms with E-state index in [4.69, 9.17) is 9.84 Å². The van der Waals surface area contributed by atoms with E-state index in [9.17, 15) is 14.4 Å². The van der Waals surface area contributed by atoms with Gasteiger partial charge in [-0.05, 0) is 6.92 Å². The van der Waals surface area contributed by atoms with Crippen molar-refractivity contribution in [2.75, 3.05) is 26.8 Å². The number of aliphatic carboxylic acids is 1. The summed E-state index contributed by atoms with van der Waals surface area (Å²) in [6.07, 6.45) is 0. The average molecular weight is 259 g/mol. The van der Waals surface area contributed by atoms with Crippen LogP contribution in [-0.4, -0.2) is 55.9 Å². The maximum absolute atomic E-state index is 11.5. The van der Waals surface area contributed by atoms with Crippen LogP contribution in [0.15, 0.2) is 0 Å². The largest absolute Gasteiger partial charge is 0.481 e. The quantitative estimate of drug-likeness (QED) is 0.491. The minimum atomic E-state index is -1.15. The van der Waals surface area contributed by atoms with Gasteiger partial charge in [-0.3, -0.25) is 9.59 Å². The van der Waals surface area contributed by atoms with Gasteiger partial charge in [0.25, 0.3) is 0 Å². The number of carbonyl (C=O) groups excluding carboxylic acids is 2. The third-order valence-corrected chi connectivity index (χ3v) is 2.94. The van der Waals surface area contributed by atoms with Crippen molar-refractivity contribution < 1.29 is 24.2 Å². The molecule has 2 unspecified atom stereocenters. The standard InChI is InChI=1S/C10H17N3O5/c1-10(8(15)16)5-18-4-6(10)13-9(17)12-3-7(14)11-2/h6H,3-5H2,1-2H3,(H,11,14)(H,15,16)(H2,12,13,17). The van der Waals surface area contributed by atoms with E-state index in [-0.39, 0.29) is 25.7 Å². The van der Waals surface area contributed by atoms with Gasteiger partial charge in [0.15, 0.2) is 0 Å². The number of nitrogens with one attached hydrogen (secondary N) is 3. The van der Waals surface area contributed by atoms with E-state index in [1.54, 1.807) is 0 Å². The van der Waals surface area contributed by atoms with Crippen molar-refractivity contribution in [2.24, 2.45) is 5.41 Å². The molecule has 0 aromatic heterocycles. The Hall–Kier alpha value is -1.83. The fourth-order valence-electron chi connectivity index (χ4n) is 1.54. The molecule has 0 aromatic rings. The van der Waals surface area contributed by atoms with Gasteiger partial charge < -0.3 is 25.8 Å². The zero-order valence-corrected chi connectivity index (χ0v) is 10.3. The molecule has 1 heterocycles. The lowest BCUT2D eigenvalue weighted by Gasteiger charge is -2.25. The van der Waals surface area contributed by atoms with Crippen LogP contribution in [0.1, 0.15) is 6.92 Å². The smallest absolute Gasteiger partial charge is 0.315 e. The normalized spacial score (nSPS) is 26.4. The number of carboxylic acid groups (broad SMARTS) is 1. The number of urea groups is 1. The summed E-state index contributed by atoms with van der Waals surface area (Å²) in [5.41, 5.74) is -1.15. The highest BCUT2D eigenvalue weighted by Crippen LogP contribution is 2.28. The summed E-state index contributed by atoms with van der Waals surface area (Å²) in [5.74, 6) is -1.37. The molecule has 0 saturated carbocycles. The Balaban J connectivity index is 2.49. The fraction of sp³-hybridized carbons (Fsp3) is 0.700. The Labute approximate surface area is 104 Å². The van der Waals surface area contributed by atoms with Gasteiger partial charge in [0.05, 0.1) is 25.8 Å². The monoisotopic (exact) mass is 259 g/mol. The zero-order valence-electron chi connectivity index (χ0n) is 10.3.